The highest BCUT2D eigenvalue weighted by atomic mass is 35.5. The van der Waals surface area contributed by atoms with Crippen LogP contribution in [0.25, 0.3) is 0 Å². The molecule has 0 radical (unpaired) electrons. The van der Waals surface area contributed by atoms with E-state index < -0.39 is 18.0 Å². The van der Waals surface area contributed by atoms with E-state index in [0.717, 1.165) is 32.1 Å². The van der Waals surface area contributed by atoms with Gasteiger partial charge < -0.3 is 10.5 Å². The number of ketones is 1. The zero-order chi connectivity index (χ0) is 15.4. The largest absolute Gasteiger partial charge is 0.393 e. The van der Waals surface area contributed by atoms with E-state index in [1.807, 2.05) is 6.92 Å². The third-order valence-corrected chi connectivity index (χ3v) is 3.14. The van der Waals surface area contributed by atoms with Crippen molar-refractivity contribution in [3.63, 3.8) is 0 Å². The first-order valence-corrected chi connectivity index (χ1v) is 7.53. The maximum atomic E-state index is 11.4. The summed E-state index contributed by atoms with van der Waals surface area (Å²) in [5, 5.41) is 0. The van der Waals surface area contributed by atoms with Crippen molar-refractivity contribution in [2.75, 3.05) is 0 Å². The van der Waals surface area contributed by atoms with Gasteiger partial charge in [-0.1, -0.05) is 39.5 Å². The molecule has 5 nitrogen and oxygen atoms in total. The lowest BCUT2D eigenvalue weighted by Gasteiger charge is -2.07. The fourth-order valence-electron chi connectivity index (χ4n) is 1.74. The summed E-state index contributed by atoms with van der Waals surface area (Å²) >= 11 is 0. The third kappa shape index (κ3) is 12.5. The molecule has 0 bridgehead atoms. The molecule has 1 atom stereocenters. The van der Waals surface area contributed by atoms with Gasteiger partial charge in [0.2, 0.25) is 0 Å². The van der Waals surface area contributed by atoms with Crippen LogP contribution in [0.3, 0.4) is 0 Å². The average Bonchev–Trinajstić information content (AvgIpc) is 2.43. The molecule has 0 saturated heterocycles. The molecular formula is C15H28ClNO4. The maximum Gasteiger partial charge on any atom is 0.313 e. The van der Waals surface area contributed by atoms with Gasteiger partial charge in [-0.25, -0.2) is 0 Å². The van der Waals surface area contributed by atoms with Crippen molar-refractivity contribution in [3.8, 4) is 0 Å². The number of ether oxygens (including phenoxy) is 1. The van der Waals surface area contributed by atoms with Crippen LogP contribution in [0, 0.1) is 0 Å². The molecule has 0 aliphatic heterocycles. The minimum absolute atomic E-state index is 0. The molecule has 124 valence electrons. The number of nitrogens with two attached hydrogens (primary N) is 1. The Hall–Kier alpha value is -0.940. The van der Waals surface area contributed by atoms with Gasteiger partial charge in [0.05, 0.1) is 12.5 Å². The summed E-state index contributed by atoms with van der Waals surface area (Å²) in [4.78, 5) is 34.2. The molecule has 6 heteroatoms. The van der Waals surface area contributed by atoms with Gasteiger partial charge in [-0.3, -0.25) is 14.4 Å². The highest BCUT2D eigenvalue weighted by Gasteiger charge is 2.15. The summed E-state index contributed by atoms with van der Waals surface area (Å²) < 4.78 is 4.65. The van der Waals surface area contributed by atoms with E-state index in [1.165, 1.54) is 0 Å². The molecule has 1 unspecified atom stereocenters. The van der Waals surface area contributed by atoms with Crippen LogP contribution < -0.4 is 5.73 Å². The Morgan fingerprint density at radius 2 is 1.48 bits per heavy atom. The normalized spacial score (nSPS) is 11.4. The number of carbonyl (C=O) groups excluding carboxylic acids is 3. The van der Waals surface area contributed by atoms with Crippen LogP contribution >= 0.6 is 12.4 Å². The van der Waals surface area contributed by atoms with Crippen molar-refractivity contribution < 1.29 is 19.1 Å². The van der Waals surface area contributed by atoms with Gasteiger partial charge in [0.1, 0.15) is 5.78 Å². The minimum atomic E-state index is -0.639. The number of esters is 2. The molecule has 0 aromatic heterocycles. The van der Waals surface area contributed by atoms with Crippen molar-refractivity contribution >= 4 is 30.1 Å². The molecule has 2 N–H and O–H groups in total. The SMILES string of the molecule is CCCCCCCC(=O)OC(=O)CCC(=O)C(N)CC.Cl. The van der Waals surface area contributed by atoms with E-state index in [4.69, 9.17) is 5.73 Å². The fraction of sp³-hybridized carbons (Fsp3) is 0.800. The van der Waals surface area contributed by atoms with E-state index >= 15 is 0 Å². The Bertz CT molecular complexity index is 321. The summed E-state index contributed by atoms with van der Waals surface area (Å²) in [6.45, 7) is 3.93. The average molecular weight is 322 g/mol. The number of hydrogen-bond acceptors (Lipinski definition) is 5. The van der Waals surface area contributed by atoms with E-state index in [2.05, 4.69) is 11.7 Å². The maximum absolute atomic E-state index is 11.4. The van der Waals surface area contributed by atoms with E-state index in [1.54, 1.807) is 0 Å². The number of Topliss-reactive ketones (excluding diaryl/α,β-unsaturated/α-hetero) is 1. The first kappa shape index (κ1) is 22.3. The molecule has 0 saturated carbocycles. The monoisotopic (exact) mass is 321 g/mol. The fourth-order valence-corrected chi connectivity index (χ4v) is 1.74. The molecule has 0 fully saturated rings. The standard InChI is InChI=1S/C15H27NO4.ClH/c1-3-5-6-7-8-9-14(18)20-15(19)11-10-13(17)12(16)4-2;/h12H,3-11,16H2,1-2H3;1H. The lowest BCUT2D eigenvalue weighted by Crippen LogP contribution is -2.30. The van der Waals surface area contributed by atoms with Crippen molar-refractivity contribution in [3.05, 3.63) is 0 Å². The summed E-state index contributed by atoms with van der Waals surface area (Å²) in [5.74, 6) is -1.31. The van der Waals surface area contributed by atoms with Crippen LogP contribution in [0.5, 0.6) is 0 Å². The summed E-state index contributed by atoms with van der Waals surface area (Å²) in [5.41, 5.74) is 5.54. The lowest BCUT2D eigenvalue weighted by molar-refractivity contribution is -0.160. The summed E-state index contributed by atoms with van der Waals surface area (Å²) in [6, 6.07) is -0.530. The van der Waals surface area contributed by atoms with Crippen LogP contribution in [0.4, 0.5) is 0 Å². The van der Waals surface area contributed by atoms with Crippen LogP contribution in [0.1, 0.15) is 71.6 Å². The highest BCUT2D eigenvalue weighted by Crippen LogP contribution is 2.06. The molecule has 0 spiro atoms. The predicted octanol–water partition coefficient (Wildman–Crippen LogP) is 2.93. The quantitative estimate of drug-likeness (QED) is 0.359. The Kier molecular flexibility index (Phi) is 14.9. The van der Waals surface area contributed by atoms with Crippen LogP contribution in [-0.2, 0) is 19.1 Å². The molecule has 0 aromatic carbocycles. The molecule has 0 amide bonds. The predicted molar refractivity (Wildman–Crippen MR) is 84.2 cm³/mol. The molecular weight excluding hydrogens is 294 g/mol. The van der Waals surface area contributed by atoms with Gasteiger partial charge in [-0.2, -0.15) is 0 Å². The second-order valence-electron chi connectivity index (χ2n) is 4.99. The van der Waals surface area contributed by atoms with Crippen molar-refractivity contribution in [2.45, 2.75) is 77.7 Å². The molecule has 0 aliphatic rings. The second kappa shape index (κ2) is 14.0. The number of unbranched alkanes of at least 4 members (excludes halogenated alkanes) is 4. The highest BCUT2D eigenvalue weighted by molar-refractivity contribution is 5.90. The van der Waals surface area contributed by atoms with Crippen molar-refractivity contribution in [2.24, 2.45) is 5.73 Å². The van der Waals surface area contributed by atoms with Gasteiger partial charge in [-0.15, -0.1) is 12.4 Å². The summed E-state index contributed by atoms with van der Waals surface area (Å²) in [7, 11) is 0. The molecule has 0 aromatic rings. The molecule has 0 rings (SSSR count). The first-order valence-electron chi connectivity index (χ1n) is 7.53. The van der Waals surface area contributed by atoms with Gasteiger partial charge in [0, 0.05) is 12.8 Å². The van der Waals surface area contributed by atoms with Gasteiger partial charge in [0.15, 0.2) is 0 Å². The van der Waals surface area contributed by atoms with Gasteiger partial charge >= 0.3 is 11.9 Å². The Morgan fingerprint density at radius 3 is 2.05 bits per heavy atom. The Balaban J connectivity index is 0. The van der Waals surface area contributed by atoms with Crippen LogP contribution in [0.2, 0.25) is 0 Å². The Morgan fingerprint density at radius 1 is 0.905 bits per heavy atom. The number of carbonyl (C=O) groups is 3. The third-order valence-electron chi connectivity index (χ3n) is 3.14. The van der Waals surface area contributed by atoms with Gasteiger partial charge in [0.25, 0.3) is 0 Å². The summed E-state index contributed by atoms with van der Waals surface area (Å²) in [6.07, 6.45) is 5.90. The molecule has 21 heavy (non-hydrogen) atoms. The minimum Gasteiger partial charge on any atom is -0.393 e. The van der Waals surface area contributed by atoms with E-state index in [0.29, 0.717) is 6.42 Å². The van der Waals surface area contributed by atoms with Crippen molar-refractivity contribution in [1.29, 1.82) is 0 Å². The molecule has 0 aliphatic carbocycles. The van der Waals surface area contributed by atoms with Gasteiger partial charge in [-0.05, 0) is 12.8 Å². The number of halogens is 1. The lowest BCUT2D eigenvalue weighted by atomic mass is 10.1. The van der Waals surface area contributed by atoms with E-state index in [-0.39, 0.29) is 37.5 Å². The topological polar surface area (TPSA) is 86.5 Å². The van der Waals surface area contributed by atoms with Crippen LogP contribution in [-0.4, -0.2) is 23.8 Å². The zero-order valence-electron chi connectivity index (χ0n) is 13.1. The smallest absolute Gasteiger partial charge is 0.313 e. The number of rotatable bonds is 11. The number of hydrogen-bond donors (Lipinski definition) is 1. The Labute approximate surface area is 133 Å². The first-order chi connectivity index (χ1) is 9.51. The zero-order valence-corrected chi connectivity index (χ0v) is 13.9. The molecule has 0 heterocycles. The second-order valence-corrected chi connectivity index (χ2v) is 4.99. The van der Waals surface area contributed by atoms with Crippen LogP contribution in [0.15, 0.2) is 0 Å². The van der Waals surface area contributed by atoms with E-state index in [9.17, 15) is 14.4 Å². The van der Waals surface area contributed by atoms with Crippen molar-refractivity contribution in [1.82, 2.24) is 0 Å².